The normalized spacial score (nSPS) is 19.1. The first kappa shape index (κ1) is 13.7. The number of nitrogens with zero attached hydrogens (tertiary/aromatic N) is 2. The van der Waals surface area contributed by atoms with Crippen LogP contribution < -0.4 is 5.32 Å². The van der Waals surface area contributed by atoms with Crippen molar-refractivity contribution >= 4 is 5.91 Å². The van der Waals surface area contributed by atoms with Crippen LogP contribution in [0.5, 0.6) is 0 Å². The van der Waals surface area contributed by atoms with Crippen molar-refractivity contribution in [2.75, 3.05) is 6.54 Å². The number of benzene rings is 1. The van der Waals surface area contributed by atoms with Crippen molar-refractivity contribution in [3.8, 4) is 11.5 Å². The minimum absolute atomic E-state index is 0.0831. The molecule has 0 bridgehead atoms. The quantitative estimate of drug-likeness (QED) is 0.941. The highest BCUT2D eigenvalue weighted by Crippen LogP contribution is 2.21. The third kappa shape index (κ3) is 3.45. The monoisotopic (exact) mass is 289 g/mol. The van der Waals surface area contributed by atoms with E-state index in [4.69, 9.17) is 4.52 Å². The second-order valence-corrected chi connectivity index (χ2v) is 5.29. The van der Waals surface area contributed by atoms with Crippen LogP contribution in [0, 0.1) is 11.7 Å². The van der Waals surface area contributed by atoms with Crippen molar-refractivity contribution in [2.24, 2.45) is 5.92 Å². The zero-order chi connectivity index (χ0) is 14.7. The zero-order valence-corrected chi connectivity index (χ0v) is 11.5. The minimum atomic E-state index is -0.303. The standard InChI is InChI=1S/C15H16FN3O2/c16-12-5-3-11(4-6-12)15-18-13(19-21-15)8-10-2-1-7-17-14(20)9-10/h3-6,10H,1-2,7-9H2,(H,17,20). The molecule has 1 atom stereocenters. The lowest BCUT2D eigenvalue weighted by atomic mass is 9.96. The van der Waals surface area contributed by atoms with Gasteiger partial charge in [-0.2, -0.15) is 4.98 Å². The third-order valence-electron chi connectivity index (χ3n) is 3.62. The Kier molecular flexibility index (Phi) is 3.94. The van der Waals surface area contributed by atoms with Gasteiger partial charge < -0.3 is 9.84 Å². The van der Waals surface area contributed by atoms with E-state index in [1.165, 1.54) is 12.1 Å². The number of hydrogen-bond donors (Lipinski definition) is 1. The van der Waals surface area contributed by atoms with E-state index in [1.54, 1.807) is 12.1 Å². The maximum absolute atomic E-state index is 12.9. The van der Waals surface area contributed by atoms with E-state index in [9.17, 15) is 9.18 Å². The molecule has 21 heavy (non-hydrogen) atoms. The number of carbonyl (C=O) groups is 1. The fourth-order valence-electron chi connectivity index (χ4n) is 2.53. The third-order valence-corrected chi connectivity index (χ3v) is 3.62. The van der Waals surface area contributed by atoms with Gasteiger partial charge in [-0.3, -0.25) is 4.79 Å². The van der Waals surface area contributed by atoms with Gasteiger partial charge in [-0.1, -0.05) is 5.16 Å². The molecule has 2 heterocycles. The van der Waals surface area contributed by atoms with Crippen LogP contribution in [0.15, 0.2) is 28.8 Å². The summed E-state index contributed by atoms with van der Waals surface area (Å²) in [5.74, 6) is 0.992. The summed E-state index contributed by atoms with van der Waals surface area (Å²) in [4.78, 5) is 15.9. The highest BCUT2D eigenvalue weighted by Gasteiger charge is 2.20. The second-order valence-electron chi connectivity index (χ2n) is 5.29. The molecule has 1 saturated heterocycles. The van der Waals surface area contributed by atoms with Gasteiger partial charge in [-0.25, -0.2) is 4.39 Å². The summed E-state index contributed by atoms with van der Waals surface area (Å²) < 4.78 is 18.1. The lowest BCUT2D eigenvalue weighted by Gasteiger charge is -2.08. The molecule has 0 saturated carbocycles. The first-order valence-corrected chi connectivity index (χ1v) is 7.06. The van der Waals surface area contributed by atoms with Gasteiger partial charge in [-0.05, 0) is 43.0 Å². The van der Waals surface area contributed by atoms with E-state index in [0.717, 1.165) is 19.4 Å². The van der Waals surface area contributed by atoms with Crippen molar-refractivity contribution in [1.82, 2.24) is 15.5 Å². The Hall–Kier alpha value is -2.24. The molecule has 0 spiro atoms. The second kappa shape index (κ2) is 6.03. The van der Waals surface area contributed by atoms with Gasteiger partial charge in [-0.15, -0.1) is 0 Å². The number of halogens is 1. The molecule has 3 rings (SSSR count). The highest BCUT2D eigenvalue weighted by atomic mass is 19.1. The molecule has 1 amide bonds. The SMILES string of the molecule is O=C1CC(Cc2noc(-c3ccc(F)cc3)n2)CCCN1. The van der Waals surface area contributed by atoms with Crippen molar-refractivity contribution in [2.45, 2.75) is 25.7 Å². The maximum Gasteiger partial charge on any atom is 0.257 e. The number of carbonyl (C=O) groups excluding carboxylic acids is 1. The summed E-state index contributed by atoms with van der Waals surface area (Å²) in [7, 11) is 0. The van der Waals surface area contributed by atoms with Gasteiger partial charge in [0.05, 0.1) is 0 Å². The molecule has 5 nitrogen and oxygen atoms in total. The number of amides is 1. The first-order valence-electron chi connectivity index (χ1n) is 7.06. The summed E-state index contributed by atoms with van der Waals surface area (Å²) in [6.07, 6.45) is 3.07. The zero-order valence-electron chi connectivity index (χ0n) is 11.5. The molecule has 6 heteroatoms. The van der Waals surface area contributed by atoms with Gasteiger partial charge in [0.15, 0.2) is 5.82 Å². The maximum atomic E-state index is 12.9. The minimum Gasteiger partial charge on any atom is -0.356 e. The first-order chi connectivity index (χ1) is 10.2. The Balaban J connectivity index is 1.69. The van der Waals surface area contributed by atoms with Crippen molar-refractivity contribution < 1.29 is 13.7 Å². The number of aromatic nitrogens is 2. The van der Waals surface area contributed by atoms with E-state index < -0.39 is 0 Å². The molecule has 1 fully saturated rings. The smallest absolute Gasteiger partial charge is 0.257 e. The molecule has 1 aromatic carbocycles. The molecular weight excluding hydrogens is 273 g/mol. The fraction of sp³-hybridized carbons (Fsp3) is 0.400. The Labute approximate surface area is 121 Å². The van der Waals surface area contributed by atoms with E-state index >= 15 is 0 Å². The van der Waals surface area contributed by atoms with Crippen LogP contribution in [0.2, 0.25) is 0 Å². The Bertz CT molecular complexity index is 624. The molecular formula is C15H16FN3O2. The highest BCUT2D eigenvalue weighted by molar-refractivity contribution is 5.76. The molecule has 0 aliphatic carbocycles. The van der Waals surface area contributed by atoms with E-state index in [1.807, 2.05) is 0 Å². The molecule has 1 aliphatic rings. The summed E-state index contributed by atoms with van der Waals surface area (Å²) in [5, 5.41) is 6.81. The van der Waals surface area contributed by atoms with Crippen molar-refractivity contribution in [3.05, 3.63) is 35.9 Å². The van der Waals surface area contributed by atoms with Gasteiger partial charge >= 0.3 is 0 Å². The van der Waals surface area contributed by atoms with E-state index in [-0.39, 0.29) is 17.6 Å². The van der Waals surface area contributed by atoms with Crippen LogP contribution in [-0.4, -0.2) is 22.6 Å². The molecule has 1 unspecified atom stereocenters. The fourth-order valence-corrected chi connectivity index (χ4v) is 2.53. The Morgan fingerprint density at radius 3 is 2.95 bits per heavy atom. The van der Waals surface area contributed by atoms with Crippen molar-refractivity contribution in [3.63, 3.8) is 0 Å². The van der Waals surface area contributed by atoms with Crippen LogP contribution >= 0.6 is 0 Å². The van der Waals surface area contributed by atoms with Crippen LogP contribution in [0.3, 0.4) is 0 Å². The lowest BCUT2D eigenvalue weighted by Crippen LogP contribution is -2.22. The van der Waals surface area contributed by atoms with E-state index in [2.05, 4.69) is 15.5 Å². The van der Waals surface area contributed by atoms with Gasteiger partial charge in [0.25, 0.3) is 5.89 Å². The van der Waals surface area contributed by atoms with E-state index in [0.29, 0.717) is 30.1 Å². The molecule has 1 N–H and O–H groups in total. The molecule has 2 aromatic rings. The topological polar surface area (TPSA) is 68.0 Å². The van der Waals surface area contributed by atoms with Crippen LogP contribution in [0.4, 0.5) is 4.39 Å². The van der Waals surface area contributed by atoms with Gasteiger partial charge in [0.2, 0.25) is 5.91 Å². The van der Waals surface area contributed by atoms with Crippen LogP contribution in [0.1, 0.15) is 25.1 Å². The molecule has 0 radical (unpaired) electrons. The average molecular weight is 289 g/mol. The van der Waals surface area contributed by atoms with Gasteiger partial charge in [0, 0.05) is 24.9 Å². The predicted octanol–water partition coefficient (Wildman–Crippen LogP) is 2.33. The van der Waals surface area contributed by atoms with Crippen LogP contribution in [0.25, 0.3) is 11.5 Å². The Morgan fingerprint density at radius 1 is 1.33 bits per heavy atom. The average Bonchev–Trinajstić information content (AvgIpc) is 2.83. The number of nitrogens with one attached hydrogen (secondary N) is 1. The number of hydrogen-bond acceptors (Lipinski definition) is 4. The van der Waals surface area contributed by atoms with Crippen molar-refractivity contribution in [1.29, 1.82) is 0 Å². The largest absolute Gasteiger partial charge is 0.356 e. The molecule has 1 aliphatic heterocycles. The molecule has 110 valence electrons. The summed E-state index contributed by atoms with van der Waals surface area (Å²) in [6, 6.07) is 5.92. The lowest BCUT2D eigenvalue weighted by molar-refractivity contribution is -0.121. The number of rotatable bonds is 3. The summed E-state index contributed by atoms with van der Waals surface area (Å²) >= 11 is 0. The molecule has 1 aromatic heterocycles. The summed E-state index contributed by atoms with van der Waals surface area (Å²) in [6.45, 7) is 0.738. The predicted molar refractivity (Wildman–Crippen MR) is 73.7 cm³/mol. The van der Waals surface area contributed by atoms with Crippen LogP contribution in [-0.2, 0) is 11.2 Å². The van der Waals surface area contributed by atoms with Gasteiger partial charge in [0.1, 0.15) is 5.82 Å². The Morgan fingerprint density at radius 2 is 2.14 bits per heavy atom. The summed E-state index contributed by atoms with van der Waals surface area (Å²) in [5.41, 5.74) is 0.689.